The highest BCUT2D eigenvalue weighted by Crippen LogP contribution is 2.26. The van der Waals surface area contributed by atoms with Crippen LogP contribution in [0.25, 0.3) is 0 Å². The van der Waals surface area contributed by atoms with Gasteiger partial charge in [-0.15, -0.1) is 0 Å². The molecule has 11 nitrogen and oxygen atoms in total. The fraction of sp³-hybridized carbons (Fsp3) is 0.372. The van der Waals surface area contributed by atoms with Crippen molar-refractivity contribution in [3.05, 3.63) is 138 Å². The number of carbonyl (C=O) groups excluding carboxylic acids is 3. The summed E-state index contributed by atoms with van der Waals surface area (Å²) in [7, 11) is 0. The summed E-state index contributed by atoms with van der Waals surface area (Å²) in [5, 5.41) is 14.2. The molecule has 0 saturated carbocycles. The van der Waals surface area contributed by atoms with E-state index in [4.69, 9.17) is 27.1 Å². The van der Waals surface area contributed by atoms with Crippen LogP contribution in [-0.2, 0) is 19.2 Å². The van der Waals surface area contributed by atoms with Crippen molar-refractivity contribution < 1.29 is 24.3 Å². The van der Waals surface area contributed by atoms with Crippen LogP contribution in [0.1, 0.15) is 99.4 Å². The number of hydrogen-bond donors (Lipinski definition) is 6. The number of nitrogens with zero attached hydrogens (tertiary/aromatic N) is 1. The third-order valence-corrected chi connectivity index (χ3v) is 8.83. The standard InChI is InChI=1S/2C13H18N2O.C13H12N2O.C2H4O2.C2H6/c3*14-13(16)12(10-6-2-1-3-7-10)11-8-4-5-9-15-11;1-2(3)4;1-2/h2*1-3,6-7,11-12,15H,4-5,8-9H2,(H2,14,16);1-9,12H,(H2,14,16);1H3,(H,3,4);1-2H3. The summed E-state index contributed by atoms with van der Waals surface area (Å²) < 4.78 is 0. The molecule has 2 aliphatic heterocycles. The minimum Gasteiger partial charge on any atom is -0.481 e. The lowest BCUT2D eigenvalue weighted by Gasteiger charge is -2.29. The quantitative estimate of drug-likeness (QED) is 0.127. The molecule has 1 aromatic heterocycles. The van der Waals surface area contributed by atoms with E-state index in [-0.39, 0.29) is 41.6 Å². The zero-order valence-corrected chi connectivity index (χ0v) is 31.8. The number of hydrogen-bond acceptors (Lipinski definition) is 7. The number of rotatable bonds is 9. The van der Waals surface area contributed by atoms with Gasteiger partial charge in [0.05, 0.1) is 17.5 Å². The second-order valence-corrected chi connectivity index (χ2v) is 12.7. The fourth-order valence-corrected chi connectivity index (χ4v) is 6.51. The largest absolute Gasteiger partial charge is 0.481 e. The van der Waals surface area contributed by atoms with Gasteiger partial charge in [0.25, 0.3) is 5.97 Å². The summed E-state index contributed by atoms with van der Waals surface area (Å²) in [6.45, 7) is 7.06. The second kappa shape index (κ2) is 25.6. The molecule has 11 heteroatoms. The summed E-state index contributed by atoms with van der Waals surface area (Å²) in [6, 6.07) is 34.9. The highest BCUT2D eigenvalue weighted by atomic mass is 16.4. The van der Waals surface area contributed by atoms with E-state index < -0.39 is 11.9 Å². The van der Waals surface area contributed by atoms with Crippen LogP contribution in [-0.4, -0.2) is 59.0 Å². The zero-order chi connectivity index (χ0) is 39.7. The molecule has 0 aliphatic carbocycles. The average molecular weight is 739 g/mol. The summed E-state index contributed by atoms with van der Waals surface area (Å²) >= 11 is 0. The van der Waals surface area contributed by atoms with Crippen LogP contribution in [0.5, 0.6) is 0 Å². The van der Waals surface area contributed by atoms with Crippen molar-refractivity contribution in [3.63, 3.8) is 0 Å². The highest BCUT2D eigenvalue weighted by molar-refractivity contribution is 5.85. The Labute approximate surface area is 320 Å². The Kier molecular flexibility index (Phi) is 21.2. The Hall–Kier alpha value is -5.39. The molecule has 54 heavy (non-hydrogen) atoms. The number of nitrogens with one attached hydrogen (secondary N) is 2. The number of primary amides is 3. The van der Waals surface area contributed by atoms with Gasteiger partial charge in [0, 0.05) is 25.2 Å². The van der Waals surface area contributed by atoms with E-state index >= 15 is 0 Å². The number of piperidine rings is 2. The Morgan fingerprint density at radius 1 is 0.593 bits per heavy atom. The Morgan fingerprint density at radius 3 is 1.26 bits per heavy atom. The third-order valence-electron chi connectivity index (χ3n) is 8.83. The van der Waals surface area contributed by atoms with Gasteiger partial charge in [-0.3, -0.25) is 24.2 Å². The van der Waals surface area contributed by atoms with Gasteiger partial charge >= 0.3 is 0 Å². The summed E-state index contributed by atoms with van der Waals surface area (Å²) in [4.78, 5) is 47.8. The summed E-state index contributed by atoms with van der Waals surface area (Å²) in [5.41, 5.74) is 20.1. The van der Waals surface area contributed by atoms with Gasteiger partial charge in [0.2, 0.25) is 17.7 Å². The van der Waals surface area contributed by atoms with Gasteiger partial charge < -0.3 is 32.9 Å². The molecule has 0 bridgehead atoms. The number of aromatic nitrogens is 1. The topological polar surface area (TPSA) is 204 Å². The lowest BCUT2D eigenvalue weighted by atomic mass is 9.86. The maximum atomic E-state index is 11.6. The van der Waals surface area contributed by atoms with Crippen LogP contribution in [0.4, 0.5) is 0 Å². The minimum atomic E-state index is -0.833. The Balaban J connectivity index is 0.000000261. The van der Waals surface area contributed by atoms with Gasteiger partial charge in [0.1, 0.15) is 5.92 Å². The van der Waals surface area contributed by atoms with Crippen molar-refractivity contribution in [1.29, 1.82) is 0 Å². The zero-order valence-electron chi connectivity index (χ0n) is 31.8. The van der Waals surface area contributed by atoms with Gasteiger partial charge in [-0.25, -0.2) is 0 Å². The molecular formula is C43H58N6O5. The van der Waals surface area contributed by atoms with Gasteiger partial charge in [-0.2, -0.15) is 0 Å². The molecule has 2 saturated heterocycles. The maximum absolute atomic E-state index is 11.6. The van der Waals surface area contributed by atoms with Crippen molar-refractivity contribution in [2.24, 2.45) is 17.2 Å². The number of carbonyl (C=O) groups is 4. The second-order valence-electron chi connectivity index (χ2n) is 12.7. The van der Waals surface area contributed by atoms with Crippen molar-refractivity contribution in [1.82, 2.24) is 15.6 Å². The number of nitrogens with two attached hydrogens (primary N) is 3. The molecule has 3 heterocycles. The molecule has 290 valence electrons. The molecule has 0 radical (unpaired) electrons. The Morgan fingerprint density at radius 2 is 0.963 bits per heavy atom. The van der Waals surface area contributed by atoms with Crippen molar-refractivity contribution in [2.75, 3.05) is 13.1 Å². The van der Waals surface area contributed by atoms with Crippen molar-refractivity contribution >= 4 is 23.7 Å². The summed E-state index contributed by atoms with van der Waals surface area (Å²) in [6.07, 6.45) is 8.45. The van der Waals surface area contributed by atoms with Crippen LogP contribution < -0.4 is 27.8 Å². The van der Waals surface area contributed by atoms with E-state index in [1.165, 1.54) is 25.7 Å². The number of pyridine rings is 1. The van der Waals surface area contributed by atoms with E-state index in [1.807, 2.05) is 123 Å². The smallest absolute Gasteiger partial charge is 0.300 e. The van der Waals surface area contributed by atoms with Gasteiger partial charge in [-0.1, -0.05) is 124 Å². The molecule has 5 atom stereocenters. The van der Waals surface area contributed by atoms with Crippen molar-refractivity contribution in [3.8, 4) is 0 Å². The molecule has 9 N–H and O–H groups in total. The van der Waals surface area contributed by atoms with E-state index in [9.17, 15) is 14.4 Å². The van der Waals surface area contributed by atoms with E-state index in [1.54, 1.807) is 6.20 Å². The van der Waals surface area contributed by atoms with E-state index in [0.717, 1.165) is 49.5 Å². The monoisotopic (exact) mass is 738 g/mol. The molecule has 6 rings (SSSR count). The molecular weight excluding hydrogens is 681 g/mol. The first-order valence-electron chi connectivity index (χ1n) is 18.7. The predicted octanol–water partition coefficient (Wildman–Crippen LogP) is 5.61. The number of amides is 3. The number of carboxylic acids is 1. The SMILES string of the molecule is CC.CC(=O)O.NC(=O)C(c1ccccc1)C1CCCCN1.NC(=O)C(c1ccccc1)C1CCCCN1.NC(=O)C(c1ccccc1)c1ccccn1. The number of aliphatic carboxylic acids is 1. The van der Waals surface area contributed by atoms with Crippen molar-refractivity contribution in [2.45, 2.75) is 89.1 Å². The van der Waals surface area contributed by atoms with Crippen LogP contribution >= 0.6 is 0 Å². The lowest BCUT2D eigenvalue weighted by Crippen LogP contribution is -2.43. The van der Waals surface area contributed by atoms with Crippen LogP contribution in [0.3, 0.4) is 0 Å². The average Bonchev–Trinajstić information content (AvgIpc) is 3.18. The van der Waals surface area contributed by atoms with Gasteiger partial charge in [-0.05, 0) is 67.6 Å². The molecule has 4 aromatic rings. The van der Waals surface area contributed by atoms with Crippen LogP contribution in [0, 0.1) is 0 Å². The predicted molar refractivity (Wildman–Crippen MR) is 214 cm³/mol. The summed E-state index contributed by atoms with van der Waals surface area (Å²) in [5.74, 6) is -2.54. The first kappa shape index (κ1) is 44.8. The number of benzene rings is 3. The molecule has 2 aliphatic rings. The van der Waals surface area contributed by atoms with E-state index in [0.29, 0.717) is 5.69 Å². The van der Waals surface area contributed by atoms with E-state index in [2.05, 4.69) is 15.6 Å². The first-order valence-corrected chi connectivity index (χ1v) is 18.7. The molecule has 0 spiro atoms. The molecule has 5 unspecified atom stereocenters. The molecule has 3 amide bonds. The molecule has 3 aromatic carbocycles. The highest BCUT2D eigenvalue weighted by Gasteiger charge is 2.30. The van der Waals surface area contributed by atoms with Gasteiger partial charge in [0.15, 0.2) is 0 Å². The third kappa shape index (κ3) is 15.7. The first-order chi connectivity index (χ1) is 26.1. The maximum Gasteiger partial charge on any atom is 0.300 e. The fourth-order valence-electron chi connectivity index (χ4n) is 6.51. The Bertz CT molecular complexity index is 1520. The normalized spacial score (nSPS) is 17.5. The van der Waals surface area contributed by atoms with Crippen LogP contribution in [0.15, 0.2) is 115 Å². The lowest BCUT2D eigenvalue weighted by molar-refractivity contribution is -0.134. The molecule has 2 fully saturated rings. The number of carboxylic acid groups (broad SMARTS) is 1. The minimum absolute atomic E-state index is 0.193. The van der Waals surface area contributed by atoms with Crippen LogP contribution in [0.2, 0.25) is 0 Å².